The maximum atomic E-state index is 10.7. The van der Waals surface area contributed by atoms with Gasteiger partial charge in [0.25, 0.3) is 0 Å². The van der Waals surface area contributed by atoms with Gasteiger partial charge in [-0.25, -0.2) is 4.79 Å². The molecule has 4 heteroatoms. The molecule has 0 saturated heterocycles. The summed E-state index contributed by atoms with van der Waals surface area (Å²) in [7, 11) is 0. The van der Waals surface area contributed by atoms with E-state index in [-0.39, 0.29) is 5.76 Å². The Hall–Kier alpha value is -2.10. The number of hydrogen-bond acceptors (Lipinski definition) is 3. The fraction of sp³-hybridized carbons (Fsp3) is 0.167. The van der Waals surface area contributed by atoms with Crippen molar-refractivity contribution in [2.75, 3.05) is 0 Å². The average molecular weight is 217 g/mol. The molecule has 0 atom stereocenters. The Morgan fingerprint density at radius 2 is 2.12 bits per heavy atom. The zero-order chi connectivity index (χ0) is 11.7. The SMILES string of the molecule is Cc1cccc(-c2cc(C(=O)O)on2)c1C. The molecule has 0 saturated carbocycles. The van der Waals surface area contributed by atoms with Gasteiger partial charge in [0.1, 0.15) is 5.69 Å². The van der Waals surface area contributed by atoms with Crippen LogP contribution >= 0.6 is 0 Å². The Bertz CT molecular complexity index is 543. The second kappa shape index (κ2) is 3.81. The van der Waals surface area contributed by atoms with E-state index in [0.29, 0.717) is 5.69 Å². The molecular formula is C12H11NO3. The number of carboxylic acids is 1. The molecule has 2 aromatic rings. The zero-order valence-corrected chi connectivity index (χ0v) is 9.02. The molecule has 0 amide bonds. The van der Waals surface area contributed by atoms with E-state index in [2.05, 4.69) is 5.16 Å². The minimum Gasteiger partial charge on any atom is -0.475 e. The van der Waals surface area contributed by atoms with E-state index in [4.69, 9.17) is 9.63 Å². The van der Waals surface area contributed by atoms with Crippen molar-refractivity contribution in [3.05, 3.63) is 41.2 Å². The fourth-order valence-electron chi connectivity index (χ4n) is 1.53. The Kier molecular flexibility index (Phi) is 2.48. The third-order valence-electron chi connectivity index (χ3n) is 2.60. The predicted molar refractivity (Wildman–Crippen MR) is 58.4 cm³/mol. The highest BCUT2D eigenvalue weighted by Crippen LogP contribution is 2.24. The Morgan fingerprint density at radius 1 is 1.38 bits per heavy atom. The summed E-state index contributed by atoms with van der Waals surface area (Å²) in [4.78, 5) is 10.7. The summed E-state index contributed by atoms with van der Waals surface area (Å²) in [6, 6.07) is 7.24. The van der Waals surface area contributed by atoms with Crippen LogP contribution in [0.25, 0.3) is 11.3 Å². The Labute approximate surface area is 92.5 Å². The van der Waals surface area contributed by atoms with Crippen molar-refractivity contribution >= 4 is 5.97 Å². The highest BCUT2D eigenvalue weighted by Gasteiger charge is 2.13. The quantitative estimate of drug-likeness (QED) is 0.839. The van der Waals surface area contributed by atoms with Crippen LogP contribution in [0.5, 0.6) is 0 Å². The summed E-state index contributed by atoms with van der Waals surface area (Å²) in [6.07, 6.45) is 0. The second-order valence-corrected chi connectivity index (χ2v) is 3.63. The van der Waals surface area contributed by atoms with Crippen LogP contribution in [0.1, 0.15) is 21.7 Å². The molecule has 2 rings (SSSR count). The van der Waals surface area contributed by atoms with Crippen molar-refractivity contribution in [1.82, 2.24) is 5.16 Å². The standard InChI is InChI=1S/C12H11NO3/c1-7-4-3-5-9(8(7)2)10-6-11(12(14)15)16-13-10/h3-6H,1-2H3,(H,14,15). The van der Waals surface area contributed by atoms with Crippen molar-refractivity contribution in [2.24, 2.45) is 0 Å². The van der Waals surface area contributed by atoms with Crippen molar-refractivity contribution in [2.45, 2.75) is 13.8 Å². The van der Waals surface area contributed by atoms with Crippen molar-refractivity contribution in [3.8, 4) is 11.3 Å². The third kappa shape index (κ3) is 1.69. The minimum atomic E-state index is -1.11. The van der Waals surface area contributed by atoms with Crippen molar-refractivity contribution < 1.29 is 14.4 Å². The second-order valence-electron chi connectivity index (χ2n) is 3.63. The van der Waals surface area contributed by atoms with Gasteiger partial charge in [-0.05, 0) is 25.0 Å². The van der Waals surface area contributed by atoms with E-state index < -0.39 is 5.97 Å². The van der Waals surface area contributed by atoms with Crippen LogP contribution in [0.3, 0.4) is 0 Å². The van der Waals surface area contributed by atoms with Gasteiger partial charge < -0.3 is 9.63 Å². The van der Waals surface area contributed by atoms with Gasteiger partial charge >= 0.3 is 5.97 Å². The van der Waals surface area contributed by atoms with Gasteiger partial charge in [0, 0.05) is 11.6 Å². The number of aromatic carboxylic acids is 1. The lowest BCUT2D eigenvalue weighted by molar-refractivity contribution is 0.0652. The van der Waals surface area contributed by atoms with Gasteiger partial charge in [0.2, 0.25) is 5.76 Å². The predicted octanol–water partition coefficient (Wildman–Crippen LogP) is 2.66. The van der Waals surface area contributed by atoms with E-state index in [1.165, 1.54) is 6.07 Å². The minimum absolute atomic E-state index is 0.143. The molecule has 0 spiro atoms. The molecule has 1 aromatic heterocycles. The lowest BCUT2D eigenvalue weighted by Crippen LogP contribution is -1.91. The van der Waals surface area contributed by atoms with Crippen molar-refractivity contribution in [1.29, 1.82) is 0 Å². The van der Waals surface area contributed by atoms with Crippen LogP contribution in [0, 0.1) is 13.8 Å². The van der Waals surface area contributed by atoms with Crippen LogP contribution < -0.4 is 0 Å². The maximum Gasteiger partial charge on any atom is 0.374 e. The van der Waals surface area contributed by atoms with Gasteiger partial charge in [-0.3, -0.25) is 0 Å². The highest BCUT2D eigenvalue weighted by molar-refractivity contribution is 5.85. The molecule has 0 aliphatic carbocycles. The molecule has 16 heavy (non-hydrogen) atoms. The van der Waals surface area contributed by atoms with Crippen LogP contribution in [0.4, 0.5) is 0 Å². The first-order chi connectivity index (χ1) is 7.59. The molecule has 1 heterocycles. The first kappa shape index (κ1) is 10.4. The largest absolute Gasteiger partial charge is 0.475 e. The van der Waals surface area contributed by atoms with Gasteiger partial charge in [0.05, 0.1) is 0 Å². The number of carbonyl (C=O) groups is 1. The van der Waals surface area contributed by atoms with Crippen LogP contribution in [-0.2, 0) is 0 Å². The van der Waals surface area contributed by atoms with Gasteiger partial charge in [-0.1, -0.05) is 23.4 Å². The van der Waals surface area contributed by atoms with Gasteiger partial charge in [-0.15, -0.1) is 0 Å². The maximum absolute atomic E-state index is 10.7. The lowest BCUT2D eigenvalue weighted by Gasteiger charge is -2.04. The number of hydrogen-bond donors (Lipinski definition) is 1. The molecule has 0 aliphatic heterocycles. The number of carboxylic acid groups (broad SMARTS) is 1. The molecule has 1 N–H and O–H groups in total. The monoisotopic (exact) mass is 217 g/mol. The summed E-state index contributed by atoms with van der Waals surface area (Å²) < 4.78 is 4.73. The van der Waals surface area contributed by atoms with E-state index in [9.17, 15) is 4.79 Å². The molecular weight excluding hydrogens is 206 g/mol. The molecule has 0 fully saturated rings. The molecule has 1 aromatic carbocycles. The first-order valence-electron chi connectivity index (χ1n) is 4.86. The van der Waals surface area contributed by atoms with E-state index in [1.807, 2.05) is 32.0 Å². The average Bonchev–Trinajstić information content (AvgIpc) is 2.71. The molecule has 0 bridgehead atoms. The molecule has 0 unspecified atom stereocenters. The first-order valence-corrected chi connectivity index (χ1v) is 4.86. The normalized spacial score (nSPS) is 10.4. The van der Waals surface area contributed by atoms with Crippen molar-refractivity contribution in [3.63, 3.8) is 0 Å². The van der Waals surface area contributed by atoms with Crippen LogP contribution in [-0.4, -0.2) is 16.2 Å². The third-order valence-corrected chi connectivity index (χ3v) is 2.60. The topological polar surface area (TPSA) is 63.3 Å². The molecule has 0 radical (unpaired) electrons. The van der Waals surface area contributed by atoms with E-state index in [1.54, 1.807) is 0 Å². The summed E-state index contributed by atoms with van der Waals surface area (Å²) in [5.74, 6) is -1.25. The van der Waals surface area contributed by atoms with Gasteiger partial charge in [0.15, 0.2) is 0 Å². The van der Waals surface area contributed by atoms with Crippen LogP contribution in [0.2, 0.25) is 0 Å². The summed E-state index contributed by atoms with van der Waals surface area (Å²) >= 11 is 0. The highest BCUT2D eigenvalue weighted by atomic mass is 16.5. The Morgan fingerprint density at radius 3 is 2.75 bits per heavy atom. The number of nitrogens with zero attached hydrogens (tertiary/aromatic N) is 1. The number of aryl methyl sites for hydroxylation is 1. The van der Waals surface area contributed by atoms with Gasteiger partial charge in [-0.2, -0.15) is 0 Å². The summed E-state index contributed by atoms with van der Waals surface area (Å²) in [5, 5.41) is 12.5. The fourth-order valence-corrected chi connectivity index (χ4v) is 1.53. The Balaban J connectivity index is 2.50. The molecule has 82 valence electrons. The van der Waals surface area contributed by atoms with E-state index >= 15 is 0 Å². The lowest BCUT2D eigenvalue weighted by atomic mass is 10.0. The number of rotatable bonds is 2. The van der Waals surface area contributed by atoms with Crippen LogP contribution in [0.15, 0.2) is 28.8 Å². The zero-order valence-electron chi connectivity index (χ0n) is 9.02. The number of aromatic nitrogens is 1. The smallest absolute Gasteiger partial charge is 0.374 e. The molecule has 4 nitrogen and oxygen atoms in total. The summed E-state index contributed by atoms with van der Waals surface area (Å²) in [6.45, 7) is 3.97. The van der Waals surface area contributed by atoms with E-state index in [0.717, 1.165) is 16.7 Å². The number of benzene rings is 1. The summed E-state index contributed by atoms with van der Waals surface area (Å²) in [5.41, 5.74) is 3.67. The molecule has 0 aliphatic rings.